The van der Waals surface area contributed by atoms with E-state index in [4.69, 9.17) is 0 Å². The van der Waals surface area contributed by atoms with E-state index in [9.17, 15) is 9.90 Å². The van der Waals surface area contributed by atoms with Crippen molar-refractivity contribution in [3.63, 3.8) is 0 Å². The van der Waals surface area contributed by atoms with Gasteiger partial charge in [0.25, 0.3) is 5.91 Å². The SMILES string of the molecule is Cc1nc(CN2N=CN(c3nc(C)c(C(=O)NCc4cccnc4)s3)C2O)cs1. The van der Waals surface area contributed by atoms with Gasteiger partial charge in [0.2, 0.25) is 6.35 Å². The summed E-state index contributed by atoms with van der Waals surface area (Å²) < 4.78 is 0. The first-order chi connectivity index (χ1) is 14.0. The Morgan fingerprint density at radius 2 is 2.21 bits per heavy atom. The van der Waals surface area contributed by atoms with Crippen molar-refractivity contribution in [2.45, 2.75) is 33.3 Å². The van der Waals surface area contributed by atoms with Gasteiger partial charge in [0, 0.05) is 24.3 Å². The number of aryl methyl sites for hydroxylation is 2. The molecular weight excluding hydrogens is 410 g/mol. The molecular formula is C18H19N7O2S2. The number of aromatic nitrogens is 3. The fraction of sp³-hybridized carbons (Fsp3) is 0.278. The molecule has 11 heteroatoms. The number of amides is 1. The number of hydrogen-bond donors (Lipinski definition) is 2. The second kappa shape index (κ2) is 8.23. The van der Waals surface area contributed by atoms with Gasteiger partial charge in [-0.2, -0.15) is 5.10 Å². The van der Waals surface area contributed by atoms with Crippen LogP contribution in [0.2, 0.25) is 0 Å². The topological polar surface area (TPSA) is 107 Å². The van der Waals surface area contributed by atoms with E-state index in [0.29, 0.717) is 28.8 Å². The Morgan fingerprint density at radius 3 is 2.93 bits per heavy atom. The van der Waals surface area contributed by atoms with Crippen LogP contribution in [-0.2, 0) is 13.1 Å². The standard InChI is InChI=1S/C18H19N7O2S2/c1-11-15(16(26)20-7-13-4-3-5-19-6-13)29-17(22-11)24-10-21-25(18(24)27)8-14-9-28-12(2)23-14/h3-6,9-10,18,27H,7-8H2,1-2H3,(H,20,26). The minimum absolute atomic E-state index is 0.212. The maximum Gasteiger partial charge on any atom is 0.263 e. The van der Waals surface area contributed by atoms with Crippen LogP contribution in [0.5, 0.6) is 0 Å². The van der Waals surface area contributed by atoms with Gasteiger partial charge in [0.05, 0.1) is 22.9 Å². The number of nitrogens with one attached hydrogen (secondary N) is 1. The smallest absolute Gasteiger partial charge is 0.263 e. The van der Waals surface area contributed by atoms with Gasteiger partial charge in [-0.15, -0.1) is 11.3 Å². The van der Waals surface area contributed by atoms with Crippen molar-refractivity contribution >= 4 is 40.1 Å². The Bertz CT molecular complexity index is 1030. The molecule has 29 heavy (non-hydrogen) atoms. The highest BCUT2D eigenvalue weighted by molar-refractivity contribution is 7.17. The molecule has 0 saturated carbocycles. The lowest BCUT2D eigenvalue weighted by atomic mass is 10.3. The fourth-order valence-corrected chi connectivity index (χ4v) is 4.34. The van der Waals surface area contributed by atoms with Gasteiger partial charge in [0.1, 0.15) is 11.2 Å². The van der Waals surface area contributed by atoms with E-state index < -0.39 is 6.35 Å². The second-order valence-corrected chi connectivity index (χ2v) is 8.43. The van der Waals surface area contributed by atoms with Gasteiger partial charge in [-0.05, 0) is 25.5 Å². The maximum absolute atomic E-state index is 12.6. The number of aliphatic hydroxyl groups is 1. The zero-order valence-corrected chi connectivity index (χ0v) is 17.4. The largest absolute Gasteiger partial charge is 0.355 e. The van der Waals surface area contributed by atoms with Crippen LogP contribution in [0.15, 0.2) is 35.0 Å². The van der Waals surface area contributed by atoms with E-state index in [1.165, 1.54) is 27.6 Å². The minimum Gasteiger partial charge on any atom is -0.355 e. The van der Waals surface area contributed by atoms with Gasteiger partial charge in [-0.1, -0.05) is 17.4 Å². The Balaban J connectivity index is 1.42. The summed E-state index contributed by atoms with van der Waals surface area (Å²) in [6.07, 6.45) is 3.90. The number of rotatable bonds is 6. The van der Waals surface area contributed by atoms with E-state index >= 15 is 0 Å². The normalized spacial score (nSPS) is 15.9. The van der Waals surface area contributed by atoms with Crippen LogP contribution in [0.1, 0.15) is 31.6 Å². The van der Waals surface area contributed by atoms with Crippen molar-refractivity contribution in [1.82, 2.24) is 25.3 Å². The highest BCUT2D eigenvalue weighted by Crippen LogP contribution is 2.29. The molecule has 3 aromatic rings. The van der Waals surface area contributed by atoms with E-state index in [2.05, 4.69) is 25.4 Å². The van der Waals surface area contributed by atoms with Crippen LogP contribution in [0.4, 0.5) is 5.13 Å². The molecule has 9 nitrogen and oxygen atoms in total. The third kappa shape index (κ3) is 4.26. The molecule has 1 aliphatic heterocycles. The van der Waals surface area contributed by atoms with Crippen LogP contribution < -0.4 is 10.2 Å². The molecule has 0 spiro atoms. The number of aliphatic hydroxyl groups excluding tert-OH is 1. The highest BCUT2D eigenvalue weighted by Gasteiger charge is 2.30. The third-order valence-corrected chi connectivity index (χ3v) is 6.21. The number of nitrogens with zero attached hydrogens (tertiary/aromatic N) is 6. The van der Waals surface area contributed by atoms with Crippen molar-refractivity contribution in [1.29, 1.82) is 0 Å². The van der Waals surface area contributed by atoms with Crippen molar-refractivity contribution in [3.05, 3.63) is 56.7 Å². The van der Waals surface area contributed by atoms with E-state index in [-0.39, 0.29) is 5.91 Å². The van der Waals surface area contributed by atoms with Gasteiger partial charge in [-0.3, -0.25) is 14.7 Å². The second-order valence-electron chi connectivity index (χ2n) is 6.39. The first-order valence-electron chi connectivity index (χ1n) is 8.84. The van der Waals surface area contributed by atoms with Crippen molar-refractivity contribution in [2.75, 3.05) is 4.90 Å². The van der Waals surface area contributed by atoms with E-state index in [1.54, 1.807) is 30.7 Å². The number of hydrogen-bond acceptors (Lipinski definition) is 10. The molecule has 1 aliphatic rings. The Kier molecular flexibility index (Phi) is 5.51. The molecule has 1 amide bonds. The molecule has 4 rings (SSSR count). The van der Waals surface area contributed by atoms with Crippen LogP contribution >= 0.6 is 22.7 Å². The summed E-state index contributed by atoms with van der Waals surface area (Å²) in [5.74, 6) is -0.212. The molecule has 0 radical (unpaired) electrons. The molecule has 2 N–H and O–H groups in total. The summed E-state index contributed by atoms with van der Waals surface area (Å²) in [6, 6.07) is 3.72. The predicted octanol–water partition coefficient (Wildman–Crippen LogP) is 2.08. The predicted molar refractivity (Wildman–Crippen MR) is 112 cm³/mol. The van der Waals surface area contributed by atoms with Gasteiger partial charge >= 0.3 is 0 Å². The number of thiazole rings is 2. The molecule has 150 valence electrons. The fourth-order valence-electron chi connectivity index (χ4n) is 2.77. The maximum atomic E-state index is 12.6. The Morgan fingerprint density at radius 1 is 1.34 bits per heavy atom. The zero-order chi connectivity index (χ0) is 20.4. The summed E-state index contributed by atoms with van der Waals surface area (Å²) in [6.45, 7) is 4.48. The first kappa shape index (κ1) is 19.4. The average Bonchev–Trinajstić information content (AvgIpc) is 3.40. The average molecular weight is 430 g/mol. The quantitative estimate of drug-likeness (QED) is 0.618. The lowest BCUT2D eigenvalue weighted by Crippen LogP contribution is -2.39. The van der Waals surface area contributed by atoms with Crippen molar-refractivity contribution in [2.24, 2.45) is 5.10 Å². The molecule has 0 saturated heterocycles. The summed E-state index contributed by atoms with van der Waals surface area (Å²) in [4.78, 5) is 27.5. The summed E-state index contributed by atoms with van der Waals surface area (Å²) >= 11 is 2.77. The Hall–Kier alpha value is -2.89. The summed E-state index contributed by atoms with van der Waals surface area (Å²) in [5, 5.41) is 22.7. The van der Waals surface area contributed by atoms with Gasteiger partial charge in [0.15, 0.2) is 5.13 Å². The summed E-state index contributed by atoms with van der Waals surface area (Å²) in [5.41, 5.74) is 2.36. The number of carbonyl (C=O) groups excluding carboxylic acids is 1. The zero-order valence-electron chi connectivity index (χ0n) is 15.8. The van der Waals surface area contributed by atoms with E-state index in [0.717, 1.165) is 16.3 Å². The molecule has 0 fully saturated rings. The van der Waals surface area contributed by atoms with Crippen LogP contribution in [0.25, 0.3) is 0 Å². The third-order valence-electron chi connectivity index (χ3n) is 4.22. The number of pyridine rings is 1. The van der Waals surface area contributed by atoms with E-state index in [1.807, 2.05) is 24.4 Å². The molecule has 1 atom stereocenters. The lowest BCUT2D eigenvalue weighted by molar-refractivity contribution is 0.0205. The van der Waals surface area contributed by atoms with Crippen molar-refractivity contribution < 1.29 is 9.90 Å². The molecule has 0 aromatic carbocycles. The van der Waals surface area contributed by atoms with Gasteiger partial charge < -0.3 is 10.4 Å². The van der Waals surface area contributed by atoms with Gasteiger partial charge in [-0.25, -0.2) is 15.0 Å². The first-order valence-corrected chi connectivity index (χ1v) is 10.5. The number of hydrazone groups is 1. The monoisotopic (exact) mass is 429 g/mol. The van der Waals surface area contributed by atoms with Crippen molar-refractivity contribution in [3.8, 4) is 0 Å². The molecule has 4 heterocycles. The molecule has 0 aliphatic carbocycles. The number of anilines is 1. The summed E-state index contributed by atoms with van der Waals surface area (Å²) in [7, 11) is 0. The lowest BCUT2D eigenvalue weighted by Gasteiger charge is -2.23. The molecule has 3 aromatic heterocycles. The highest BCUT2D eigenvalue weighted by atomic mass is 32.1. The number of carbonyl (C=O) groups is 1. The Labute approximate surface area is 175 Å². The minimum atomic E-state index is -1.01. The van der Waals surface area contributed by atoms with Crippen LogP contribution in [0, 0.1) is 13.8 Å². The molecule has 0 bridgehead atoms. The molecule has 1 unspecified atom stereocenters. The van der Waals surface area contributed by atoms with Crippen LogP contribution in [-0.4, -0.2) is 43.7 Å². The van der Waals surface area contributed by atoms with Crippen LogP contribution in [0.3, 0.4) is 0 Å².